The first-order valence-corrected chi connectivity index (χ1v) is 11.2. The summed E-state index contributed by atoms with van der Waals surface area (Å²) in [5, 5.41) is 13.7. The highest BCUT2D eigenvalue weighted by atomic mass is 35.5. The number of ether oxygens (including phenoxy) is 1. The largest absolute Gasteiger partial charge is 0.481 e. The number of aromatic nitrogens is 1. The summed E-state index contributed by atoms with van der Waals surface area (Å²) >= 11 is 6.19. The van der Waals surface area contributed by atoms with Crippen LogP contribution in [0.5, 0.6) is 0 Å². The molecule has 6 nitrogen and oxygen atoms in total. The molecular formula is C26H28ClNO5. The van der Waals surface area contributed by atoms with Crippen molar-refractivity contribution in [2.75, 3.05) is 0 Å². The lowest BCUT2D eigenvalue weighted by molar-refractivity contribution is -0.147. The molecule has 0 aliphatic carbocycles. The molecule has 1 atom stereocenters. The second kappa shape index (κ2) is 10.7. The van der Waals surface area contributed by atoms with Crippen molar-refractivity contribution >= 4 is 23.5 Å². The van der Waals surface area contributed by atoms with Gasteiger partial charge in [-0.25, -0.2) is 0 Å². The van der Waals surface area contributed by atoms with Gasteiger partial charge in [-0.2, -0.15) is 0 Å². The van der Waals surface area contributed by atoms with Crippen LogP contribution in [0.25, 0.3) is 11.3 Å². The van der Waals surface area contributed by atoms with Gasteiger partial charge in [-0.3, -0.25) is 9.59 Å². The summed E-state index contributed by atoms with van der Waals surface area (Å²) < 4.78 is 10.7. The summed E-state index contributed by atoms with van der Waals surface area (Å²) in [5.74, 6) is -1.18. The number of aryl methyl sites for hydroxylation is 1. The number of nitrogens with zero attached hydrogens (tertiary/aromatic N) is 1. The zero-order chi connectivity index (χ0) is 24.0. The Bertz CT molecular complexity index is 1100. The van der Waals surface area contributed by atoms with Gasteiger partial charge in [0.15, 0.2) is 0 Å². The molecule has 0 aliphatic rings. The molecule has 0 unspecified atom stereocenters. The number of aliphatic carboxylic acids is 1. The molecule has 0 aliphatic heterocycles. The van der Waals surface area contributed by atoms with E-state index in [1.54, 1.807) is 13.0 Å². The van der Waals surface area contributed by atoms with E-state index in [-0.39, 0.29) is 18.3 Å². The highest BCUT2D eigenvalue weighted by Crippen LogP contribution is 2.29. The van der Waals surface area contributed by atoms with Crippen LogP contribution in [0.4, 0.5) is 0 Å². The lowest BCUT2D eigenvalue weighted by Gasteiger charge is -2.22. The Morgan fingerprint density at radius 2 is 1.85 bits per heavy atom. The number of carboxylic acid groups (broad SMARTS) is 1. The van der Waals surface area contributed by atoms with Crippen LogP contribution in [0.1, 0.15) is 56.4 Å². The summed E-state index contributed by atoms with van der Waals surface area (Å²) in [6, 6.07) is 15.1. The lowest BCUT2D eigenvalue weighted by atomic mass is 9.83. The van der Waals surface area contributed by atoms with Gasteiger partial charge >= 0.3 is 11.9 Å². The molecule has 1 aromatic heterocycles. The van der Waals surface area contributed by atoms with Crippen molar-refractivity contribution in [3.05, 3.63) is 76.5 Å². The Labute approximate surface area is 198 Å². The minimum absolute atomic E-state index is 0.0265. The number of hydrogen-bond donors (Lipinski definition) is 1. The fourth-order valence-electron chi connectivity index (χ4n) is 3.69. The van der Waals surface area contributed by atoms with Crippen LogP contribution in [-0.2, 0) is 27.2 Å². The van der Waals surface area contributed by atoms with Crippen LogP contribution in [0.2, 0.25) is 5.02 Å². The Morgan fingerprint density at radius 1 is 1.15 bits per heavy atom. The SMILES string of the molecule is C[C@@H](OC(=O)Cc1conc1-c1ccc(CCC(C)(C)CC(=O)O)cc1)c1ccccc1Cl. The van der Waals surface area contributed by atoms with Crippen LogP contribution in [0.3, 0.4) is 0 Å². The van der Waals surface area contributed by atoms with Gasteiger partial charge < -0.3 is 14.4 Å². The molecular weight excluding hydrogens is 442 g/mol. The maximum Gasteiger partial charge on any atom is 0.311 e. The van der Waals surface area contributed by atoms with E-state index in [2.05, 4.69) is 5.16 Å². The standard InChI is InChI=1S/C26H28ClNO5/c1-17(21-6-4-5-7-22(21)27)33-24(31)14-20-16-32-28-25(20)19-10-8-18(9-11-19)12-13-26(2,3)15-23(29)30/h4-11,16-17H,12-15H2,1-3H3,(H,29,30)/t17-/m1/s1. The van der Waals surface area contributed by atoms with Gasteiger partial charge in [0.1, 0.15) is 18.1 Å². The molecule has 174 valence electrons. The predicted octanol–water partition coefficient (Wildman–Crippen LogP) is 6.28. The minimum atomic E-state index is -0.784. The van der Waals surface area contributed by atoms with Crippen molar-refractivity contribution in [3.8, 4) is 11.3 Å². The van der Waals surface area contributed by atoms with Crippen molar-refractivity contribution < 1.29 is 24.0 Å². The average Bonchev–Trinajstić information content (AvgIpc) is 3.20. The fourth-order valence-corrected chi connectivity index (χ4v) is 3.98. The molecule has 0 amide bonds. The third kappa shape index (κ3) is 6.93. The summed E-state index contributed by atoms with van der Waals surface area (Å²) in [7, 11) is 0. The Morgan fingerprint density at radius 3 is 2.52 bits per heavy atom. The quantitative estimate of drug-likeness (QED) is 0.351. The van der Waals surface area contributed by atoms with Crippen molar-refractivity contribution in [2.24, 2.45) is 5.41 Å². The Kier molecular flexibility index (Phi) is 7.92. The number of benzene rings is 2. The van der Waals surface area contributed by atoms with Gasteiger partial charge in [0.05, 0.1) is 12.8 Å². The monoisotopic (exact) mass is 469 g/mol. The first kappa shape index (κ1) is 24.5. The van der Waals surface area contributed by atoms with Gasteiger partial charge in [-0.15, -0.1) is 0 Å². The van der Waals surface area contributed by atoms with Gasteiger partial charge in [0, 0.05) is 21.7 Å². The Balaban J connectivity index is 1.62. The molecule has 1 heterocycles. The van der Waals surface area contributed by atoms with E-state index in [4.69, 9.17) is 26.0 Å². The third-order valence-electron chi connectivity index (χ3n) is 5.58. The van der Waals surface area contributed by atoms with Crippen molar-refractivity contribution in [1.82, 2.24) is 5.16 Å². The average molecular weight is 470 g/mol. The molecule has 0 fully saturated rings. The summed E-state index contributed by atoms with van der Waals surface area (Å²) in [6.45, 7) is 5.70. The number of rotatable bonds is 10. The second-order valence-electron chi connectivity index (χ2n) is 8.95. The number of halogens is 1. The minimum Gasteiger partial charge on any atom is -0.481 e. The van der Waals surface area contributed by atoms with Crippen molar-refractivity contribution in [1.29, 1.82) is 0 Å². The molecule has 0 saturated heterocycles. The molecule has 0 saturated carbocycles. The van der Waals surface area contributed by atoms with Crippen LogP contribution in [0.15, 0.2) is 59.3 Å². The molecule has 7 heteroatoms. The first-order chi connectivity index (χ1) is 15.6. The number of carboxylic acids is 1. The summed E-state index contributed by atoms with van der Waals surface area (Å²) in [5.41, 5.74) is 3.65. The zero-order valence-corrected chi connectivity index (χ0v) is 19.8. The maximum atomic E-state index is 12.5. The zero-order valence-electron chi connectivity index (χ0n) is 19.0. The van der Waals surface area contributed by atoms with Crippen LogP contribution < -0.4 is 0 Å². The van der Waals surface area contributed by atoms with Gasteiger partial charge in [-0.05, 0) is 36.8 Å². The van der Waals surface area contributed by atoms with Crippen molar-refractivity contribution in [3.63, 3.8) is 0 Å². The van der Waals surface area contributed by atoms with Gasteiger partial charge in [-0.1, -0.05) is 73.1 Å². The molecule has 3 rings (SSSR count). The van der Waals surface area contributed by atoms with Crippen LogP contribution in [-0.4, -0.2) is 22.2 Å². The number of carbonyl (C=O) groups excluding carboxylic acids is 1. The van der Waals surface area contributed by atoms with E-state index in [0.717, 1.165) is 29.5 Å². The van der Waals surface area contributed by atoms with Gasteiger partial charge in [0.25, 0.3) is 0 Å². The second-order valence-corrected chi connectivity index (χ2v) is 9.36. The van der Waals surface area contributed by atoms with Crippen molar-refractivity contribution in [2.45, 2.75) is 52.6 Å². The highest BCUT2D eigenvalue weighted by Gasteiger charge is 2.22. The number of carbonyl (C=O) groups is 2. The van der Waals surface area contributed by atoms with E-state index in [1.165, 1.54) is 6.26 Å². The van der Waals surface area contributed by atoms with Crippen LogP contribution >= 0.6 is 11.6 Å². The van der Waals surface area contributed by atoms with E-state index < -0.39 is 18.0 Å². The fraction of sp³-hybridized carbons (Fsp3) is 0.346. The lowest BCUT2D eigenvalue weighted by Crippen LogP contribution is -2.17. The normalized spacial score (nSPS) is 12.4. The van der Waals surface area contributed by atoms with Gasteiger partial charge in [0.2, 0.25) is 0 Å². The molecule has 2 aromatic carbocycles. The Hall–Kier alpha value is -3.12. The maximum absolute atomic E-state index is 12.5. The summed E-state index contributed by atoms with van der Waals surface area (Å²) in [4.78, 5) is 23.5. The highest BCUT2D eigenvalue weighted by molar-refractivity contribution is 6.31. The summed E-state index contributed by atoms with van der Waals surface area (Å²) in [6.07, 6.45) is 2.69. The van der Waals surface area contributed by atoms with E-state index in [1.807, 2.05) is 56.3 Å². The van der Waals surface area contributed by atoms with E-state index in [9.17, 15) is 9.59 Å². The van der Waals surface area contributed by atoms with E-state index in [0.29, 0.717) is 16.3 Å². The molecule has 0 radical (unpaired) electrons. The smallest absolute Gasteiger partial charge is 0.311 e. The van der Waals surface area contributed by atoms with Crippen LogP contribution in [0, 0.1) is 5.41 Å². The molecule has 0 bridgehead atoms. The molecule has 33 heavy (non-hydrogen) atoms. The molecule has 0 spiro atoms. The first-order valence-electron chi connectivity index (χ1n) is 10.8. The topological polar surface area (TPSA) is 89.6 Å². The predicted molar refractivity (Wildman–Crippen MR) is 126 cm³/mol. The number of hydrogen-bond acceptors (Lipinski definition) is 5. The third-order valence-corrected chi connectivity index (χ3v) is 5.92. The number of esters is 1. The molecule has 3 aromatic rings. The van der Waals surface area contributed by atoms with E-state index >= 15 is 0 Å². The molecule has 1 N–H and O–H groups in total.